The predicted molar refractivity (Wildman–Crippen MR) is 80.8 cm³/mol. The summed E-state index contributed by atoms with van der Waals surface area (Å²) in [6.45, 7) is 1.11. The number of carbonyl (C=O) groups is 2. The minimum absolute atomic E-state index is 0.0915. The highest BCUT2D eigenvalue weighted by Gasteiger charge is 2.25. The number of urea groups is 1. The molecule has 2 amide bonds. The number of anilines is 1. The molecule has 1 unspecified atom stereocenters. The van der Waals surface area contributed by atoms with E-state index >= 15 is 0 Å². The van der Waals surface area contributed by atoms with Gasteiger partial charge < -0.3 is 20.1 Å². The number of carboxylic acid groups (broad SMARTS) is 1. The van der Waals surface area contributed by atoms with Crippen LogP contribution in [0.2, 0.25) is 0 Å². The minimum Gasteiger partial charge on any atom is -0.481 e. The lowest BCUT2D eigenvalue weighted by Gasteiger charge is -2.32. The van der Waals surface area contributed by atoms with Crippen LogP contribution in [0.25, 0.3) is 0 Å². The Kier molecular flexibility index (Phi) is 5.46. The molecule has 1 atom stereocenters. The lowest BCUT2D eigenvalue weighted by molar-refractivity contribution is -0.141. The molecule has 0 bridgehead atoms. The molecule has 114 valence electrons. The standard InChI is InChI=1S/C14H18N2O4S/c1-21-12-4-2-3-10(7-12)15-14(19)16-5-6-20-11(9-16)8-13(17)18/h2-4,7,11H,5-6,8-9H2,1H3,(H,15,19)(H,17,18). The van der Waals surface area contributed by atoms with Crippen LogP contribution in [-0.2, 0) is 9.53 Å². The first-order chi connectivity index (χ1) is 10.1. The van der Waals surface area contributed by atoms with Gasteiger partial charge in [-0.3, -0.25) is 4.79 Å². The normalized spacial score (nSPS) is 18.3. The van der Waals surface area contributed by atoms with Crippen LogP contribution in [0.3, 0.4) is 0 Å². The fourth-order valence-corrected chi connectivity index (χ4v) is 2.58. The number of thioether (sulfide) groups is 1. The molecule has 0 saturated carbocycles. The van der Waals surface area contributed by atoms with Crippen LogP contribution >= 0.6 is 11.8 Å². The number of hydrogen-bond acceptors (Lipinski definition) is 4. The van der Waals surface area contributed by atoms with Crippen LogP contribution in [0, 0.1) is 0 Å². The van der Waals surface area contributed by atoms with Gasteiger partial charge >= 0.3 is 12.0 Å². The van der Waals surface area contributed by atoms with Crippen molar-refractivity contribution >= 4 is 29.4 Å². The number of carbonyl (C=O) groups excluding carboxylic acids is 1. The zero-order valence-corrected chi connectivity index (χ0v) is 12.6. The topological polar surface area (TPSA) is 78.9 Å². The Balaban J connectivity index is 1.94. The molecular formula is C14H18N2O4S. The van der Waals surface area contributed by atoms with Crippen molar-refractivity contribution in [1.29, 1.82) is 0 Å². The van der Waals surface area contributed by atoms with Crippen LogP contribution < -0.4 is 5.32 Å². The Morgan fingerprint density at radius 3 is 3.05 bits per heavy atom. The van der Waals surface area contributed by atoms with Crippen LogP contribution in [0.1, 0.15) is 6.42 Å². The number of rotatable bonds is 4. The van der Waals surface area contributed by atoms with Crippen molar-refractivity contribution in [3.05, 3.63) is 24.3 Å². The van der Waals surface area contributed by atoms with Crippen molar-refractivity contribution in [2.24, 2.45) is 0 Å². The molecule has 0 radical (unpaired) electrons. The van der Waals surface area contributed by atoms with Crippen molar-refractivity contribution in [3.8, 4) is 0 Å². The van der Waals surface area contributed by atoms with E-state index in [2.05, 4.69) is 5.32 Å². The van der Waals surface area contributed by atoms with Crippen LogP contribution in [-0.4, -0.2) is 54.1 Å². The zero-order chi connectivity index (χ0) is 15.2. The van der Waals surface area contributed by atoms with E-state index in [0.29, 0.717) is 19.7 Å². The van der Waals surface area contributed by atoms with Gasteiger partial charge in [-0.2, -0.15) is 0 Å². The third-order valence-electron chi connectivity index (χ3n) is 3.15. The first kappa shape index (κ1) is 15.7. The van der Waals surface area contributed by atoms with Crippen molar-refractivity contribution in [1.82, 2.24) is 4.90 Å². The Morgan fingerprint density at radius 2 is 2.33 bits per heavy atom. The summed E-state index contributed by atoms with van der Waals surface area (Å²) in [4.78, 5) is 25.6. The molecule has 1 aromatic rings. The average Bonchev–Trinajstić information content (AvgIpc) is 2.47. The summed E-state index contributed by atoms with van der Waals surface area (Å²) in [5.41, 5.74) is 0.730. The molecule has 1 aliphatic heterocycles. The molecule has 1 heterocycles. The quantitative estimate of drug-likeness (QED) is 0.833. The van der Waals surface area contributed by atoms with E-state index in [1.54, 1.807) is 16.7 Å². The summed E-state index contributed by atoms with van der Waals surface area (Å²) in [6, 6.07) is 7.35. The molecule has 2 N–H and O–H groups in total. The van der Waals surface area contributed by atoms with E-state index in [1.165, 1.54) is 0 Å². The molecule has 0 aliphatic carbocycles. The molecule has 0 aromatic heterocycles. The van der Waals surface area contributed by atoms with E-state index in [9.17, 15) is 9.59 Å². The highest BCUT2D eigenvalue weighted by atomic mass is 32.2. The summed E-state index contributed by atoms with van der Waals surface area (Å²) in [5.74, 6) is -0.921. The SMILES string of the molecule is CSc1cccc(NC(=O)N2CCOC(CC(=O)O)C2)c1. The van der Waals surface area contributed by atoms with E-state index in [0.717, 1.165) is 10.6 Å². The second kappa shape index (κ2) is 7.33. The molecule has 21 heavy (non-hydrogen) atoms. The van der Waals surface area contributed by atoms with E-state index in [4.69, 9.17) is 9.84 Å². The monoisotopic (exact) mass is 310 g/mol. The van der Waals surface area contributed by atoms with Gasteiger partial charge in [0.15, 0.2) is 0 Å². The summed E-state index contributed by atoms with van der Waals surface area (Å²) in [6.07, 6.45) is 1.44. The Morgan fingerprint density at radius 1 is 1.52 bits per heavy atom. The van der Waals surface area contributed by atoms with Gasteiger partial charge in [0.2, 0.25) is 0 Å². The number of morpholine rings is 1. The van der Waals surface area contributed by atoms with Gasteiger partial charge in [0, 0.05) is 23.7 Å². The Labute approximate surface area is 127 Å². The molecule has 1 saturated heterocycles. The van der Waals surface area contributed by atoms with E-state index in [-0.39, 0.29) is 12.5 Å². The number of amides is 2. The lowest BCUT2D eigenvalue weighted by atomic mass is 10.2. The first-order valence-corrected chi connectivity index (χ1v) is 7.84. The van der Waals surface area contributed by atoms with Gasteiger partial charge in [-0.1, -0.05) is 6.07 Å². The molecular weight excluding hydrogens is 292 g/mol. The lowest BCUT2D eigenvalue weighted by Crippen LogP contribution is -2.47. The Bertz CT molecular complexity index is 523. The smallest absolute Gasteiger partial charge is 0.322 e. The summed E-state index contributed by atoms with van der Waals surface area (Å²) >= 11 is 1.60. The van der Waals surface area contributed by atoms with Crippen molar-refractivity contribution in [2.75, 3.05) is 31.3 Å². The van der Waals surface area contributed by atoms with Crippen LogP contribution in [0.4, 0.5) is 10.5 Å². The molecule has 2 rings (SSSR count). The first-order valence-electron chi connectivity index (χ1n) is 6.62. The number of hydrogen-bond donors (Lipinski definition) is 2. The molecule has 1 aliphatic rings. The number of ether oxygens (including phenoxy) is 1. The third kappa shape index (κ3) is 4.64. The second-order valence-electron chi connectivity index (χ2n) is 4.70. The second-order valence-corrected chi connectivity index (χ2v) is 5.58. The zero-order valence-electron chi connectivity index (χ0n) is 11.7. The number of nitrogens with one attached hydrogen (secondary N) is 1. The molecule has 0 spiro atoms. The van der Waals surface area contributed by atoms with Gasteiger partial charge in [-0.15, -0.1) is 11.8 Å². The highest BCUT2D eigenvalue weighted by Crippen LogP contribution is 2.19. The van der Waals surface area contributed by atoms with Gasteiger partial charge in [-0.25, -0.2) is 4.79 Å². The number of aliphatic carboxylic acids is 1. The fraction of sp³-hybridized carbons (Fsp3) is 0.429. The maximum Gasteiger partial charge on any atom is 0.322 e. The Hall–Kier alpha value is -1.73. The predicted octanol–water partition coefficient (Wildman–Crippen LogP) is 2.12. The largest absolute Gasteiger partial charge is 0.481 e. The molecule has 1 aromatic carbocycles. The molecule has 1 fully saturated rings. The van der Waals surface area contributed by atoms with Gasteiger partial charge in [-0.05, 0) is 24.5 Å². The van der Waals surface area contributed by atoms with Crippen LogP contribution in [0.5, 0.6) is 0 Å². The van der Waals surface area contributed by atoms with Gasteiger partial charge in [0.1, 0.15) is 0 Å². The molecule has 6 nitrogen and oxygen atoms in total. The van der Waals surface area contributed by atoms with Crippen molar-refractivity contribution < 1.29 is 19.4 Å². The van der Waals surface area contributed by atoms with Gasteiger partial charge in [0.25, 0.3) is 0 Å². The highest BCUT2D eigenvalue weighted by molar-refractivity contribution is 7.98. The van der Waals surface area contributed by atoms with Crippen molar-refractivity contribution in [2.45, 2.75) is 17.4 Å². The average molecular weight is 310 g/mol. The number of nitrogens with zero attached hydrogens (tertiary/aromatic N) is 1. The van der Waals surface area contributed by atoms with Gasteiger partial charge in [0.05, 0.1) is 19.1 Å². The fourth-order valence-electron chi connectivity index (χ4n) is 2.13. The number of benzene rings is 1. The minimum atomic E-state index is -0.921. The molecule has 7 heteroatoms. The maximum atomic E-state index is 12.2. The summed E-state index contributed by atoms with van der Waals surface area (Å²) in [5, 5.41) is 11.6. The number of carboxylic acids is 1. The van der Waals surface area contributed by atoms with E-state index < -0.39 is 12.1 Å². The van der Waals surface area contributed by atoms with Crippen LogP contribution in [0.15, 0.2) is 29.2 Å². The van der Waals surface area contributed by atoms with E-state index in [1.807, 2.05) is 30.5 Å². The summed E-state index contributed by atoms with van der Waals surface area (Å²) in [7, 11) is 0. The maximum absolute atomic E-state index is 12.2. The summed E-state index contributed by atoms with van der Waals surface area (Å²) < 4.78 is 5.35. The van der Waals surface area contributed by atoms with Crippen molar-refractivity contribution in [3.63, 3.8) is 0 Å². The third-order valence-corrected chi connectivity index (χ3v) is 3.87.